The Labute approximate surface area is 115 Å². The molecule has 5 heteroatoms. The summed E-state index contributed by atoms with van der Waals surface area (Å²) in [6, 6.07) is 7.54. The zero-order valence-electron chi connectivity index (χ0n) is 8.98. The first kappa shape index (κ1) is 15.7. The van der Waals surface area contributed by atoms with Gasteiger partial charge < -0.3 is 10.5 Å². The van der Waals surface area contributed by atoms with Crippen LogP contribution in [-0.4, -0.2) is 12.6 Å². The quantitative estimate of drug-likeness (QED) is 0.667. The van der Waals surface area contributed by atoms with Gasteiger partial charge in [-0.15, -0.1) is 12.4 Å². The summed E-state index contributed by atoms with van der Waals surface area (Å²) in [5, 5.41) is 0. The molecule has 0 bridgehead atoms. The van der Waals surface area contributed by atoms with Gasteiger partial charge in [0.05, 0.1) is 13.0 Å². The Bertz CT molecular complexity index is 329. The Morgan fingerprint density at radius 2 is 2.00 bits per heavy atom. The smallest absolute Gasteiger partial charge is 0.307 e. The standard InChI is InChI=1S/C11H14INO2.ClH/c1-2-15-11(14)7-10(13)8-3-5-9(12)6-4-8;/h3-6,10H,2,7,13H2,1H3;1H. The molecule has 1 unspecified atom stereocenters. The van der Waals surface area contributed by atoms with E-state index >= 15 is 0 Å². The summed E-state index contributed by atoms with van der Waals surface area (Å²) in [7, 11) is 0. The number of halogens is 2. The normalized spacial score (nSPS) is 11.4. The highest BCUT2D eigenvalue weighted by Gasteiger charge is 2.11. The summed E-state index contributed by atoms with van der Waals surface area (Å²) in [4.78, 5) is 11.2. The summed E-state index contributed by atoms with van der Waals surface area (Å²) in [5.74, 6) is -0.247. The van der Waals surface area contributed by atoms with E-state index in [0.29, 0.717) is 6.61 Å². The Hall–Kier alpha value is -0.330. The minimum Gasteiger partial charge on any atom is -0.466 e. The topological polar surface area (TPSA) is 52.3 Å². The first-order chi connectivity index (χ1) is 7.13. The van der Waals surface area contributed by atoms with Gasteiger partial charge in [-0.2, -0.15) is 0 Å². The molecule has 0 aliphatic carbocycles. The van der Waals surface area contributed by atoms with E-state index in [2.05, 4.69) is 22.6 Å². The summed E-state index contributed by atoms with van der Waals surface area (Å²) >= 11 is 2.23. The Kier molecular flexibility index (Phi) is 7.70. The van der Waals surface area contributed by atoms with Crippen molar-refractivity contribution in [3.63, 3.8) is 0 Å². The zero-order valence-corrected chi connectivity index (χ0v) is 12.0. The monoisotopic (exact) mass is 355 g/mol. The van der Waals surface area contributed by atoms with Crippen LogP contribution in [0, 0.1) is 3.57 Å². The summed E-state index contributed by atoms with van der Waals surface area (Å²) in [5.41, 5.74) is 6.83. The van der Waals surface area contributed by atoms with E-state index in [0.717, 1.165) is 9.13 Å². The third-order valence-corrected chi connectivity index (χ3v) is 2.71. The number of carbonyl (C=O) groups excluding carboxylic acids is 1. The third-order valence-electron chi connectivity index (χ3n) is 1.99. The lowest BCUT2D eigenvalue weighted by Crippen LogP contribution is -2.17. The first-order valence-electron chi connectivity index (χ1n) is 4.80. The number of benzene rings is 1. The fraction of sp³-hybridized carbons (Fsp3) is 0.364. The van der Waals surface area contributed by atoms with Crippen LogP contribution in [0.1, 0.15) is 24.9 Å². The molecule has 0 spiro atoms. The predicted octanol–water partition coefficient (Wildman–Crippen LogP) is 2.67. The lowest BCUT2D eigenvalue weighted by Gasteiger charge is -2.11. The van der Waals surface area contributed by atoms with Crippen LogP contribution in [0.2, 0.25) is 0 Å². The van der Waals surface area contributed by atoms with Gasteiger partial charge in [0.15, 0.2) is 0 Å². The molecule has 1 aromatic rings. The molecule has 0 aliphatic rings. The first-order valence-corrected chi connectivity index (χ1v) is 5.88. The SMILES string of the molecule is CCOC(=O)CC(N)c1ccc(I)cc1.Cl. The minimum atomic E-state index is -0.277. The van der Waals surface area contributed by atoms with Crippen LogP contribution in [0.5, 0.6) is 0 Å². The van der Waals surface area contributed by atoms with Gasteiger partial charge in [-0.25, -0.2) is 0 Å². The van der Waals surface area contributed by atoms with Crippen molar-refractivity contribution in [1.29, 1.82) is 0 Å². The summed E-state index contributed by atoms with van der Waals surface area (Å²) < 4.78 is 5.99. The number of hydrogen-bond donors (Lipinski definition) is 1. The van der Waals surface area contributed by atoms with Crippen LogP contribution in [0.4, 0.5) is 0 Å². The Balaban J connectivity index is 0.00000225. The molecule has 16 heavy (non-hydrogen) atoms. The molecule has 0 fully saturated rings. The molecule has 1 rings (SSSR count). The molecular formula is C11H15ClINO2. The molecule has 0 heterocycles. The van der Waals surface area contributed by atoms with Gasteiger partial charge in [-0.3, -0.25) is 4.79 Å². The molecule has 3 nitrogen and oxygen atoms in total. The zero-order chi connectivity index (χ0) is 11.3. The number of rotatable bonds is 4. The summed E-state index contributed by atoms with van der Waals surface area (Å²) in [6.45, 7) is 2.19. The average Bonchev–Trinajstić information content (AvgIpc) is 2.18. The highest BCUT2D eigenvalue weighted by Crippen LogP contribution is 2.16. The van der Waals surface area contributed by atoms with Crippen LogP contribution in [0.15, 0.2) is 24.3 Å². The maximum atomic E-state index is 11.2. The van der Waals surface area contributed by atoms with Crippen molar-refractivity contribution >= 4 is 41.0 Å². The Morgan fingerprint density at radius 3 is 2.50 bits per heavy atom. The molecule has 2 N–H and O–H groups in total. The molecule has 1 atom stereocenters. The van der Waals surface area contributed by atoms with Crippen LogP contribution in [0.3, 0.4) is 0 Å². The molecule has 0 aromatic heterocycles. The highest BCUT2D eigenvalue weighted by molar-refractivity contribution is 14.1. The van der Waals surface area contributed by atoms with Gasteiger partial charge in [-0.1, -0.05) is 12.1 Å². The maximum absolute atomic E-state index is 11.2. The second kappa shape index (κ2) is 7.86. The van der Waals surface area contributed by atoms with Crippen molar-refractivity contribution in [2.24, 2.45) is 5.73 Å². The second-order valence-corrected chi connectivity index (χ2v) is 4.41. The number of carbonyl (C=O) groups is 1. The summed E-state index contributed by atoms with van der Waals surface area (Å²) in [6.07, 6.45) is 0.231. The number of ether oxygens (including phenoxy) is 1. The fourth-order valence-corrected chi connectivity index (χ4v) is 1.59. The molecule has 0 saturated heterocycles. The van der Waals surface area contributed by atoms with Crippen molar-refractivity contribution in [3.8, 4) is 0 Å². The van der Waals surface area contributed by atoms with E-state index in [1.54, 1.807) is 6.92 Å². The van der Waals surface area contributed by atoms with Crippen molar-refractivity contribution < 1.29 is 9.53 Å². The molecule has 0 amide bonds. The van der Waals surface area contributed by atoms with Crippen molar-refractivity contribution in [1.82, 2.24) is 0 Å². The van der Waals surface area contributed by atoms with Gasteiger partial charge in [-0.05, 0) is 47.2 Å². The highest BCUT2D eigenvalue weighted by atomic mass is 127. The number of esters is 1. The fourth-order valence-electron chi connectivity index (χ4n) is 1.23. The van der Waals surface area contributed by atoms with E-state index in [1.807, 2.05) is 24.3 Å². The van der Waals surface area contributed by atoms with Crippen LogP contribution < -0.4 is 5.73 Å². The molecule has 0 aliphatic heterocycles. The molecular weight excluding hydrogens is 340 g/mol. The number of hydrogen-bond acceptors (Lipinski definition) is 3. The predicted molar refractivity (Wildman–Crippen MR) is 74.6 cm³/mol. The van der Waals surface area contributed by atoms with E-state index < -0.39 is 0 Å². The van der Waals surface area contributed by atoms with Gasteiger partial charge in [0.2, 0.25) is 0 Å². The molecule has 1 aromatic carbocycles. The molecule has 0 radical (unpaired) electrons. The minimum absolute atomic E-state index is 0. The lowest BCUT2D eigenvalue weighted by molar-refractivity contribution is -0.143. The van der Waals surface area contributed by atoms with E-state index in [9.17, 15) is 4.79 Å². The van der Waals surface area contributed by atoms with Gasteiger partial charge in [0.1, 0.15) is 0 Å². The van der Waals surface area contributed by atoms with E-state index in [-0.39, 0.29) is 30.8 Å². The van der Waals surface area contributed by atoms with Crippen LogP contribution >= 0.6 is 35.0 Å². The average molecular weight is 356 g/mol. The molecule has 0 saturated carbocycles. The maximum Gasteiger partial charge on any atom is 0.307 e. The molecule has 90 valence electrons. The van der Waals surface area contributed by atoms with Gasteiger partial charge in [0, 0.05) is 9.61 Å². The van der Waals surface area contributed by atoms with E-state index in [1.165, 1.54) is 0 Å². The largest absolute Gasteiger partial charge is 0.466 e. The van der Waals surface area contributed by atoms with Crippen molar-refractivity contribution in [2.45, 2.75) is 19.4 Å². The van der Waals surface area contributed by atoms with Crippen LogP contribution in [0.25, 0.3) is 0 Å². The Morgan fingerprint density at radius 1 is 1.44 bits per heavy atom. The third kappa shape index (κ3) is 5.14. The van der Waals surface area contributed by atoms with Crippen LogP contribution in [-0.2, 0) is 9.53 Å². The number of nitrogens with two attached hydrogens (primary N) is 1. The van der Waals surface area contributed by atoms with Gasteiger partial charge in [0.25, 0.3) is 0 Å². The lowest BCUT2D eigenvalue weighted by atomic mass is 10.1. The van der Waals surface area contributed by atoms with Crippen molar-refractivity contribution in [2.75, 3.05) is 6.61 Å². The van der Waals surface area contributed by atoms with E-state index in [4.69, 9.17) is 10.5 Å². The van der Waals surface area contributed by atoms with Gasteiger partial charge >= 0.3 is 5.97 Å². The van der Waals surface area contributed by atoms with Crippen molar-refractivity contribution in [3.05, 3.63) is 33.4 Å². The second-order valence-electron chi connectivity index (χ2n) is 3.17.